The average Bonchev–Trinajstić information content (AvgIpc) is 0.846. The molecule has 2 unspecified atom stereocenters. The number of aromatic carboxylic acids is 1. The van der Waals surface area contributed by atoms with E-state index in [4.69, 9.17) is 70.9 Å². The molecule has 1 fully saturated rings. The lowest BCUT2D eigenvalue weighted by Crippen LogP contribution is -2.36. The van der Waals surface area contributed by atoms with Gasteiger partial charge < -0.3 is 90.3 Å². The number of alkyl carbamates (subject to hydrolysis) is 1. The first-order valence-electron chi connectivity index (χ1n) is 29.5. The summed E-state index contributed by atoms with van der Waals surface area (Å²) in [6, 6.07) is 7.43. The summed E-state index contributed by atoms with van der Waals surface area (Å²) in [4.78, 5) is 105. The van der Waals surface area contributed by atoms with Gasteiger partial charge in [-0.25, -0.2) is 32.9 Å². The van der Waals surface area contributed by atoms with E-state index < -0.39 is 143 Å². The van der Waals surface area contributed by atoms with Crippen LogP contribution in [0.4, 0.5) is 21.1 Å². The second kappa shape index (κ2) is 37.9. The summed E-state index contributed by atoms with van der Waals surface area (Å²) in [6.45, 7) is 3.67. The lowest BCUT2D eigenvalue weighted by Gasteiger charge is -2.22. The van der Waals surface area contributed by atoms with Gasteiger partial charge in [-0.2, -0.15) is 40.6 Å². The van der Waals surface area contributed by atoms with E-state index in [-0.39, 0.29) is 103 Å². The molecule has 102 heavy (non-hydrogen) atoms. The molecule has 2 aliphatic heterocycles. The number of carboxylic acid groups (broad SMARTS) is 1. The normalized spacial score (nSPS) is 16.1. The van der Waals surface area contributed by atoms with Crippen molar-refractivity contribution >= 4 is 112 Å². The molecule has 3 heterocycles. The highest BCUT2D eigenvalue weighted by Crippen LogP contribution is 2.66. The van der Waals surface area contributed by atoms with E-state index >= 15 is 0 Å². The topological polar surface area (TPSA) is 648 Å². The summed E-state index contributed by atoms with van der Waals surface area (Å²) >= 11 is 0. The minimum Gasteiger partial charge on any atom is -0.478 e. The number of unbranched alkanes of at least 4 members (excludes halogenated alkanes) is 2. The van der Waals surface area contributed by atoms with Gasteiger partial charge in [0.05, 0.1) is 74.5 Å². The number of azide groups is 1. The molecule has 0 radical (unpaired) electrons. The maximum absolute atomic E-state index is 13.4. The smallest absolute Gasteiger partial charge is 0.478 e. The van der Waals surface area contributed by atoms with Crippen LogP contribution < -0.4 is 49.7 Å². The molecule has 49 heteroatoms. The summed E-state index contributed by atoms with van der Waals surface area (Å²) in [5, 5.41) is 31.4. The van der Waals surface area contributed by atoms with Crippen LogP contribution in [-0.2, 0) is 79.8 Å². The van der Waals surface area contributed by atoms with Crippen LogP contribution in [0.5, 0.6) is 0 Å². The minimum atomic E-state index is -5.84. The Kier molecular flexibility index (Phi) is 31.1. The molecule has 5 atom stereocenters. The quantitative estimate of drug-likeness (QED) is 0.00216. The zero-order valence-corrected chi connectivity index (χ0v) is 59.5. The van der Waals surface area contributed by atoms with E-state index in [0.717, 1.165) is 41.7 Å². The average molecular weight is 1570 g/mol. The summed E-state index contributed by atoms with van der Waals surface area (Å²) in [7, 11) is -24.2. The summed E-state index contributed by atoms with van der Waals surface area (Å²) in [6.07, 6.45) is -0.793. The van der Waals surface area contributed by atoms with Gasteiger partial charge in [-0.15, -0.1) is 0 Å². The molecule has 17 N–H and O–H groups in total. The fourth-order valence-electron chi connectivity index (χ4n) is 9.20. The number of carboxylic acids is 1. The molecule has 3 aromatic rings. The van der Waals surface area contributed by atoms with Gasteiger partial charge in [0.1, 0.15) is 30.8 Å². The highest BCUT2D eigenvalue weighted by atomic mass is 33.1. The largest absolute Gasteiger partial charge is 0.490 e. The molecule has 0 spiro atoms. The van der Waals surface area contributed by atoms with Gasteiger partial charge in [-0.3, -0.25) is 23.8 Å². The van der Waals surface area contributed by atoms with Crippen LogP contribution in [0.2, 0.25) is 0 Å². The number of urea groups is 1. The molecule has 4 amide bonds. The number of rotatable bonds is 40. The molecule has 42 nitrogen and oxygen atoms in total. The van der Waals surface area contributed by atoms with Crippen molar-refractivity contribution in [3.8, 4) is 34.3 Å². The Morgan fingerprint density at radius 2 is 1.60 bits per heavy atom. The van der Waals surface area contributed by atoms with Crippen molar-refractivity contribution in [3.05, 3.63) is 91.6 Å². The molecule has 0 bridgehead atoms. The van der Waals surface area contributed by atoms with E-state index in [9.17, 15) is 73.9 Å². The van der Waals surface area contributed by atoms with Crippen molar-refractivity contribution in [1.82, 2.24) is 30.8 Å². The van der Waals surface area contributed by atoms with Crippen LogP contribution in [-0.4, -0.2) is 182 Å². The number of amides is 4. The number of nitrogen functional groups attached to an aromatic ring is 2. The van der Waals surface area contributed by atoms with Crippen LogP contribution in [0.1, 0.15) is 78.5 Å². The molecule has 6 rings (SSSR count). The van der Waals surface area contributed by atoms with Crippen LogP contribution in [0.25, 0.3) is 43.9 Å². The fraction of sp³-hybridized carbons (Fsp3) is 0.453. The Morgan fingerprint density at radius 3 is 2.27 bits per heavy atom. The number of nitrogens with zero attached hydrogens (tertiary/aromatic N) is 5. The van der Waals surface area contributed by atoms with E-state index in [1.807, 2.05) is 13.8 Å². The number of anilines is 2. The third-order valence-electron chi connectivity index (χ3n) is 13.7. The number of hydrogen-bond donors (Lipinski definition) is 14. The van der Waals surface area contributed by atoms with Crippen molar-refractivity contribution in [2.75, 3.05) is 96.6 Å². The number of nitrogens with two attached hydrogens (primary N) is 3. The van der Waals surface area contributed by atoms with Crippen LogP contribution in [0.3, 0.4) is 0 Å². The SMILES string of the molecule is CC(C)(CCOC(=O)NCCOCCOCCNC(=O)c1ccc(C(=O)O)c(-c2c3ccc(=N)c(S(=O)(=O)ON)c-3oc3c(S(=O)(=O)O)c(N)ccc23)c1)SSCOCCCCCNC(=O)NCC#Cc1cn([C@H]2C[C@@H](OCN=[N+]=[N-])[C@@H](COP(=O)(O)OP(=O)(O)OP(=O)(O)O)O2)c(=O)nc1N. The van der Waals surface area contributed by atoms with Crippen LogP contribution in [0, 0.1) is 17.3 Å². The third kappa shape index (κ3) is 25.5. The van der Waals surface area contributed by atoms with Gasteiger partial charge in [0.15, 0.2) is 21.1 Å². The molecule has 3 aliphatic rings. The van der Waals surface area contributed by atoms with E-state index in [2.05, 4.69) is 65.5 Å². The predicted octanol–water partition coefficient (Wildman–Crippen LogP) is 3.75. The Hall–Kier alpha value is -7.35. The number of benzene rings is 3. The predicted molar refractivity (Wildman–Crippen MR) is 358 cm³/mol. The van der Waals surface area contributed by atoms with Gasteiger partial charge in [-0.1, -0.05) is 38.5 Å². The van der Waals surface area contributed by atoms with E-state index in [0.29, 0.717) is 31.9 Å². The number of phosphoric acid groups is 3. The standard InChI is InChI=1S/C53H70N13O29P3S4/c1-53(2,100-99-30-87-19-5-3-4-15-60-50(70)61-16-6-7-32-27-66(51(71)64-47(32)56)41-26-39(89-29-63-65-57)40(91-41)28-90-97(76,77)95-98(78,79)94-96(73,74)75)14-20-88-52(72)62-18-22-86-24-23-85-21-17-59-48(67)31-8-9-33(49(68)69)36(25-31)42-34-10-12-37(54)45(101(80,81)82)43(34)92-44-35(42)11-13-38(55)46(44)102(83,84)93-58/h8-13,25,27,39-41,55H,3-5,14-24,26,28-30,54,58H2,1-2H3,(H,59,67)(H,62,72)(H,68,69)(H,76,77)(H,78,79)(H2,56,64,71)(H2,60,61,70)(H2,73,74,75)(H,80,81,82)/t39-,40-,41-/m1/s1. The van der Waals surface area contributed by atoms with Crippen molar-refractivity contribution in [2.24, 2.45) is 11.0 Å². The molecule has 1 aromatic heterocycles. The number of hydrogen-bond acceptors (Lipinski definition) is 31. The number of nitrogens with one attached hydrogen (secondary N) is 5. The van der Waals surface area contributed by atoms with E-state index in [1.54, 1.807) is 10.8 Å². The maximum atomic E-state index is 13.4. The lowest BCUT2D eigenvalue weighted by molar-refractivity contribution is -0.0601. The monoisotopic (exact) mass is 1570 g/mol. The van der Waals surface area contributed by atoms with Crippen molar-refractivity contribution < 1.29 is 129 Å². The number of aromatic nitrogens is 2. The van der Waals surface area contributed by atoms with Crippen LogP contribution in [0.15, 0.2) is 72.8 Å². The van der Waals surface area contributed by atoms with Gasteiger partial charge >= 0.3 is 57.4 Å². The number of ether oxygens (including phenoxy) is 6. The second-order valence-corrected chi connectivity index (χ2v) is 31.8. The number of fused-ring (bicyclic) bond motifs is 2. The first-order chi connectivity index (χ1) is 48.0. The number of carbonyl (C=O) groups excluding carboxylic acids is 3. The summed E-state index contributed by atoms with van der Waals surface area (Å²) in [5.41, 5.74) is 17.1. The third-order valence-corrected chi connectivity index (χ3v) is 22.6. The molecule has 2 aromatic carbocycles. The molecule has 1 saturated heterocycles. The maximum Gasteiger partial charge on any atom is 0.490 e. The Labute approximate surface area is 586 Å². The van der Waals surface area contributed by atoms with Crippen LogP contribution >= 0.6 is 45.1 Å². The van der Waals surface area contributed by atoms with Gasteiger partial charge in [0.25, 0.3) is 16.0 Å². The van der Waals surface area contributed by atoms with Gasteiger partial charge in [0.2, 0.25) is 0 Å². The van der Waals surface area contributed by atoms with E-state index in [1.165, 1.54) is 35.2 Å². The first kappa shape index (κ1) is 83.6. The lowest BCUT2D eigenvalue weighted by atomic mass is 9.89. The zero-order valence-electron chi connectivity index (χ0n) is 53.6. The van der Waals surface area contributed by atoms with Crippen molar-refractivity contribution in [1.29, 1.82) is 5.41 Å². The van der Waals surface area contributed by atoms with Gasteiger partial charge in [0, 0.05) is 70.6 Å². The number of phosphoric ester groups is 1. The minimum absolute atomic E-state index is 0.00227. The Bertz CT molecular complexity index is 4460. The van der Waals surface area contributed by atoms with Crippen molar-refractivity contribution in [2.45, 2.75) is 78.9 Å². The summed E-state index contributed by atoms with van der Waals surface area (Å²) < 4.78 is 152. The molecular weight excluding hydrogens is 1500 g/mol. The zero-order chi connectivity index (χ0) is 75.2. The molecular formula is C53H70N13O29P3S4. The molecule has 1 aliphatic carbocycles. The second-order valence-electron chi connectivity index (χ2n) is 21.5. The number of carbonyl (C=O) groups is 4. The Morgan fingerprint density at radius 1 is 0.882 bits per heavy atom. The highest BCUT2D eigenvalue weighted by Gasteiger charge is 2.44. The van der Waals surface area contributed by atoms with Gasteiger partial charge in [-0.05, 0) is 93.1 Å². The van der Waals surface area contributed by atoms with Crippen molar-refractivity contribution in [3.63, 3.8) is 0 Å². The molecule has 0 saturated carbocycles. The highest BCUT2D eigenvalue weighted by molar-refractivity contribution is 8.77. The Balaban J connectivity index is 0.807. The molecule has 560 valence electrons. The summed E-state index contributed by atoms with van der Waals surface area (Å²) in [5.74, 6) is 7.56. The first-order valence-corrected chi connectivity index (χ1v) is 39.2. The fourth-order valence-corrected chi connectivity index (χ4v) is 16.1.